The van der Waals surface area contributed by atoms with Crippen molar-refractivity contribution in [1.29, 1.82) is 0 Å². The second-order valence-electron chi connectivity index (χ2n) is 6.75. The molecular weight excluding hydrogens is 464 g/mol. The van der Waals surface area contributed by atoms with Crippen LogP contribution < -0.4 is 5.32 Å². The van der Waals surface area contributed by atoms with E-state index in [0.29, 0.717) is 5.56 Å². The van der Waals surface area contributed by atoms with Gasteiger partial charge in [-0.3, -0.25) is 0 Å². The zero-order valence-electron chi connectivity index (χ0n) is 16.1. The number of rotatable bonds is 6. The number of nitrogens with zero attached hydrogens (tertiary/aromatic N) is 1. The Morgan fingerprint density at radius 1 is 0.900 bits per heavy atom. The van der Waals surface area contributed by atoms with Gasteiger partial charge in [0.2, 0.25) is 26.6 Å². The summed E-state index contributed by atoms with van der Waals surface area (Å²) in [6.07, 6.45) is 0. The molecule has 0 saturated carbocycles. The molecule has 152 valence electrons. The molecule has 3 aromatic carbocycles. The number of nitrogens with one attached hydrogen (secondary N) is 1. The van der Waals surface area contributed by atoms with Gasteiger partial charge in [-0.05, 0) is 48.9 Å². The van der Waals surface area contributed by atoms with Gasteiger partial charge in [-0.25, -0.2) is 8.42 Å². The SMILES string of the molecule is CC(Nc1oc(-c2ccc(Br)cc2)nc1S(=O)(=O)c1ccccc1)c1ccccc1. The summed E-state index contributed by atoms with van der Waals surface area (Å²) in [5.41, 5.74) is 1.69. The number of hydrogen-bond donors (Lipinski definition) is 1. The standard InChI is InChI=1S/C23H19BrN2O3S/c1-16(17-8-4-2-5-9-17)25-22-23(30(27,28)20-10-6-3-7-11-20)26-21(29-22)18-12-14-19(24)15-13-18/h2-16,25H,1H3. The van der Waals surface area contributed by atoms with Crippen LogP contribution in [0.1, 0.15) is 18.5 Å². The molecule has 0 aliphatic rings. The van der Waals surface area contributed by atoms with Gasteiger partial charge in [-0.1, -0.05) is 64.5 Å². The quantitative estimate of drug-likeness (QED) is 0.358. The van der Waals surface area contributed by atoms with Crippen molar-refractivity contribution in [2.24, 2.45) is 0 Å². The summed E-state index contributed by atoms with van der Waals surface area (Å²) in [5, 5.41) is 3.06. The predicted octanol–water partition coefficient (Wildman–Crippen LogP) is 6.11. The van der Waals surface area contributed by atoms with E-state index in [4.69, 9.17) is 4.42 Å². The summed E-state index contributed by atoms with van der Waals surface area (Å²) in [6, 6.07) is 25.1. The van der Waals surface area contributed by atoms with Crippen LogP contribution in [0.15, 0.2) is 104 Å². The average Bonchev–Trinajstić information content (AvgIpc) is 3.20. The smallest absolute Gasteiger partial charge is 0.234 e. The molecule has 1 aromatic heterocycles. The van der Waals surface area contributed by atoms with E-state index in [1.54, 1.807) is 30.3 Å². The fourth-order valence-corrected chi connectivity index (χ4v) is 4.58. The lowest BCUT2D eigenvalue weighted by molar-refractivity contribution is 0.570. The fraction of sp³-hybridized carbons (Fsp3) is 0.0870. The van der Waals surface area contributed by atoms with Crippen molar-refractivity contribution >= 4 is 31.7 Å². The van der Waals surface area contributed by atoms with Crippen molar-refractivity contribution < 1.29 is 12.8 Å². The van der Waals surface area contributed by atoms with E-state index in [1.165, 1.54) is 0 Å². The minimum atomic E-state index is -3.87. The van der Waals surface area contributed by atoms with E-state index < -0.39 is 9.84 Å². The highest BCUT2D eigenvalue weighted by molar-refractivity contribution is 9.10. The second kappa shape index (κ2) is 8.45. The number of oxazole rings is 1. The van der Waals surface area contributed by atoms with Crippen LogP contribution >= 0.6 is 15.9 Å². The Morgan fingerprint density at radius 3 is 2.13 bits per heavy atom. The summed E-state index contributed by atoms with van der Waals surface area (Å²) in [7, 11) is -3.87. The van der Waals surface area contributed by atoms with Crippen LogP contribution in [-0.2, 0) is 9.84 Å². The summed E-state index contributed by atoms with van der Waals surface area (Å²) in [4.78, 5) is 4.54. The van der Waals surface area contributed by atoms with Gasteiger partial charge in [0.05, 0.1) is 10.9 Å². The Hall–Kier alpha value is -2.90. The van der Waals surface area contributed by atoms with E-state index in [-0.39, 0.29) is 27.7 Å². The molecule has 0 aliphatic heterocycles. The number of hydrogen-bond acceptors (Lipinski definition) is 5. The van der Waals surface area contributed by atoms with Gasteiger partial charge in [0, 0.05) is 10.0 Å². The van der Waals surface area contributed by atoms with Gasteiger partial charge in [-0.15, -0.1) is 0 Å². The van der Waals surface area contributed by atoms with Crippen LogP contribution in [0.3, 0.4) is 0 Å². The minimum Gasteiger partial charge on any atom is -0.419 e. The highest BCUT2D eigenvalue weighted by Crippen LogP contribution is 2.34. The molecule has 0 spiro atoms. The van der Waals surface area contributed by atoms with E-state index in [9.17, 15) is 8.42 Å². The Morgan fingerprint density at radius 2 is 1.50 bits per heavy atom. The molecule has 0 fully saturated rings. The number of anilines is 1. The summed E-state index contributed by atoms with van der Waals surface area (Å²) >= 11 is 3.40. The summed E-state index contributed by atoms with van der Waals surface area (Å²) < 4.78 is 33.4. The highest BCUT2D eigenvalue weighted by Gasteiger charge is 2.29. The molecule has 1 heterocycles. The van der Waals surface area contributed by atoms with Gasteiger partial charge in [0.1, 0.15) is 0 Å². The Labute approximate surface area is 183 Å². The Bertz CT molecular complexity index is 1240. The van der Waals surface area contributed by atoms with Crippen molar-refractivity contribution in [3.8, 4) is 11.5 Å². The average molecular weight is 483 g/mol. The van der Waals surface area contributed by atoms with Gasteiger partial charge < -0.3 is 9.73 Å². The maximum absolute atomic E-state index is 13.3. The van der Waals surface area contributed by atoms with Crippen LogP contribution in [0.2, 0.25) is 0 Å². The Balaban J connectivity index is 1.80. The summed E-state index contributed by atoms with van der Waals surface area (Å²) in [6.45, 7) is 1.94. The number of aromatic nitrogens is 1. The zero-order chi connectivity index (χ0) is 21.1. The van der Waals surface area contributed by atoms with E-state index >= 15 is 0 Å². The molecule has 1 unspecified atom stereocenters. The van der Waals surface area contributed by atoms with Crippen molar-refractivity contribution in [3.05, 3.63) is 95.0 Å². The second-order valence-corrected chi connectivity index (χ2v) is 9.53. The normalized spacial score (nSPS) is 12.5. The van der Waals surface area contributed by atoms with Crippen molar-refractivity contribution in [2.45, 2.75) is 22.9 Å². The largest absolute Gasteiger partial charge is 0.419 e. The summed E-state index contributed by atoms with van der Waals surface area (Å²) in [5.74, 6) is 0.355. The van der Waals surface area contributed by atoms with Crippen LogP contribution in [0.4, 0.5) is 5.88 Å². The Kier molecular flexibility index (Phi) is 5.74. The molecule has 0 saturated heterocycles. The number of halogens is 1. The minimum absolute atomic E-state index is 0.119. The first-order chi connectivity index (χ1) is 14.4. The third-order valence-electron chi connectivity index (χ3n) is 4.64. The van der Waals surface area contributed by atoms with Crippen molar-refractivity contribution in [3.63, 3.8) is 0 Å². The molecule has 0 radical (unpaired) electrons. The van der Waals surface area contributed by atoms with Crippen molar-refractivity contribution in [2.75, 3.05) is 5.32 Å². The van der Waals surface area contributed by atoms with E-state index in [2.05, 4.69) is 26.2 Å². The topological polar surface area (TPSA) is 72.2 Å². The fourth-order valence-electron chi connectivity index (χ4n) is 3.03. The van der Waals surface area contributed by atoms with Crippen LogP contribution in [-0.4, -0.2) is 13.4 Å². The molecular formula is C23H19BrN2O3S. The first kappa shape index (κ1) is 20.4. The third-order valence-corrected chi connectivity index (χ3v) is 6.85. The lowest BCUT2D eigenvalue weighted by Crippen LogP contribution is -2.10. The third kappa shape index (κ3) is 4.17. The molecule has 4 aromatic rings. The van der Waals surface area contributed by atoms with Crippen molar-refractivity contribution in [1.82, 2.24) is 4.98 Å². The lowest BCUT2D eigenvalue weighted by Gasteiger charge is -2.14. The molecule has 30 heavy (non-hydrogen) atoms. The maximum Gasteiger partial charge on any atom is 0.234 e. The molecule has 0 bridgehead atoms. The van der Waals surface area contributed by atoms with Gasteiger partial charge in [-0.2, -0.15) is 4.98 Å². The first-order valence-corrected chi connectivity index (χ1v) is 11.6. The highest BCUT2D eigenvalue weighted by atomic mass is 79.9. The predicted molar refractivity (Wildman–Crippen MR) is 120 cm³/mol. The molecule has 0 aliphatic carbocycles. The molecule has 1 atom stereocenters. The molecule has 0 amide bonds. The molecule has 7 heteroatoms. The molecule has 5 nitrogen and oxygen atoms in total. The maximum atomic E-state index is 13.3. The van der Waals surface area contributed by atoms with Crippen LogP contribution in [0.25, 0.3) is 11.5 Å². The van der Waals surface area contributed by atoms with Gasteiger partial charge >= 0.3 is 0 Å². The van der Waals surface area contributed by atoms with E-state index in [1.807, 2.05) is 61.5 Å². The first-order valence-electron chi connectivity index (χ1n) is 9.33. The van der Waals surface area contributed by atoms with Crippen LogP contribution in [0.5, 0.6) is 0 Å². The molecule has 4 rings (SSSR count). The lowest BCUT2D eigenvalue weighted by atomic mass is 10.1. The van der Waals surface area contributed by atoms with Gasteiger partial charge in [0.15, 0.2) is 0 Å². The van der Waals surface area contributed by atoms with Crippen LogP contribution in [0, 0.1) is 0 Å². The van der Waals surface area contributed by atoms with E-state index in [0.717, 1.165) is 10.0 Å². The zero-order valence-corrected chi connectivity index (χ0v) is 18.5. The van der Waals surface area contributed by atoms with Gasteiger partial charge in [0.25, 0.3) is 0 Å². The monoisotopic (exact) mass is 482 g/mol. The molecule has 1 N–H and O–H groups in total. The number of benzene rings is 3. The number of sulfone groups is 1.